The van der Waals surface area contributed by atoms with Crippen LogP contribution in [0.3, 0.4) is 0 Å². The normalized spacial score (nSPS) is 17.1. The van der Waals surface area contributed by atoms with Gasteiger partial charge in [0.15, 0.2) is 0 Å². The molecule has 0 fully saturated rings. The number of ether oxygens (including phenoxy) is 1. The number of aryl methyl sites for hydroxylation is 1. The standard InChI is InChI=1S/C16H16FNO2S/c1-20-16(19)12-6-5-10(17)9-14(12)18-13-3-2-4-15-11(13)7-8-21-15/h5-9,13,18H,2-4H2,1H3. The van der Waals surface area contributed by atoms with E-state index in [-0.39, 0.29) is 11.9 Å². The van der Waals surface area contributed by atoms with E-state index >= 15 is 0 Å². The van der Waals surface area contributed by atoms with Crippen molar-refractivity contribution in [2.45, 2.75) is 25.3 Å². The van der Waals surface area contributed by atoms with Gasteiger partial charge in [0.05, 0.1) is 24.4 Å². The highest BCUT2D eigenvalue weighted by atomic mass is 32.1. The SMILES string of the molecule is COC(=O)c1ccc(F)cc1NC1CCCc2sccc21. The molecule has 1 aliphatic carbocycles. The van der Waals surface area contributed by atoms with E-state index in [1.54, 1.807) is 11.3 Å². The second-order valence-corrected chi connectivity index (χ2v) is 6.07. The number of nitrogens with one attached hydrogen (secondary N) is 1. The first-order valence-corrected chi connectivity index (χ1v) is 7.77. The molecule has 110 valence electrons. The van der Waals surface area contributed by atoms with Crippen LogP contribution in [0.1, 0.15) is 39.7 Å². The fraction of sp³-hybridized carbons (Fsp3) is 0.312. The summed E-state index contributed by atoms with van der Waals surface area (Å²) in [7, 11) is 1.33. The van der Waals surface area contributed by atoms with Crippen LogP contribution in [0.2, 0.25) is 0 Å². The highest BCUT2D eigenvalue weighted by molar-refractivity contribution is 7.10. The Morgan fingerprint density at radius 3 is 3.10 bits per heavy atom. The third-order valence-electron chi connectivity index (χ3n) is 3.77. The maximum Gasteiger partial charge on any atom is 0.339 e. The monoisotopic (exact) mass is 305 g/mol. The predicted molar refractivity (Wildman–Crippen MR) is 81.4 cm³/mol. The summed E-state index contributed by atoms with van der Waals surface area (Å²) < 4.78 is 18.3. The minimum Gasteiger partial charge on any atom is -0.465 e. The largest absolute Gasteiger partial charge is 0.465 e. The van der Waals surface area contributed by atoms with Crippen molar-refractivity contribution in [2.24, 2.45) is 0 Å². The van der Waals surface area contributed by atoms with E-state index in [2.05, 4.69) is 16.8 Å². The number of carbonyl (C=O) groups excluding carboxylic acids is 1. The molecule has 0 spiro atoms. The van der Waals surface area contributed by atoms with Gasteiger partial charge in [0.2, 0.25) is 0 Å². The van der Waals surface area contributed by atoms with Crippen molar-refractivity contribution in [1.29, 1.82) is 0 Å². The molecule has 0 saturated heterocycles. The van der Waals surface area contributed by atoms with E-state index in [1.807, 2.05) is 0 Å². The highest BCUT2D eigenvalue weighted by Crippen LogP contribution is 2.36. The van der Waals surface area contributed by atoms with Crippen molar-refractivity contribution in [3.05, 3.63) is 51.5 Å². The molecule has 2 aromatic rings. The zero-order valence-corrected chi connectivity index (χ0v) is 12.5. The Morgan fingerprint density at radius 1 is 1.43 bits per heavy atom. The van der Waals surface area contributed by atoms with Gasteiger partial charge in [0.25, 0.3) is 0 Å². The van der Waals surface area contributed by atoms with Crippen LogP contribution in [0, 0.1) is 5.82 Å². The number of carbonyl (C=O) groups is 1. The smallest absolute Gasteiger partial charge is 0.339 e. The van der Waals surface area contributed by atoms with Gasteiger partial charge >= 0.3 is 5.97 Å². The number of halogens is 1. The molecule has 1 aromatic carbocycles. The molecular weight excluding hydrogens is 289 g/mol. The van der Waals surface area contributed by atoms with Gasteiger partial charge in [0, 0.05) is 4.88 Å². The van der Waals surface area contributed by atoms with Gasteiger partial charge in [-0.3, -0.25) is 0 Å². The van der Waals surface area contributed by atoms with E-state index in [0.717, 1.165) is 19.3 Å². The fourth-order valence-electron chi connectivity index (χ4n) is 2.75. The van der Waals surface area contributed by atoms with E-state index in [9.17, 15) is 9.18 Å². The van der Waals surface area contributed by atoms with Crippen LogP contribution in [0.5, 0.6) is 0 Å². The average molecular weight is 305 g/mol. The van der Waals surface area contributed by atoms with Gasteiger partial charge in [-0.05, 0) is 54.5 Å². The van der Waals surface area contributed by atoms with Gasteiger partial charge in [0.1, 0.15) is 5.82 Å². The van der Waals surface area contributed by atoms with Crippen LogP contribution in [0.4, 0.5) is 10.1 Å². The number of thiophene rings is 1. The van der Waals surface area contributed by atoms with Crippen LogP contribution in [-0.4, -0.2) is 13.1 Å². The van der Waals surface area contributed by atoms with Crippen molar-refractivity contribution >= 4 is 23.0 Å². The van der Waals surface area contributed by atoms with Crippen molar-refractivity contribution in [3.8, 4) is 0 Å². The molecule has 0 saturated carbocycles. The number of hydrogen-bond acceptors (Lipinski definition) is 4. The van der Waals surface area contributed by atoms with Gasteiger partial charge in [-0.1, -0.05) is 0 Å². The molecule has 1 N–H and O–H groups in total. The van der Waals surface area contributed by atoms with Crippen LogP contribution < -0.4 is 5.32 Å². The molecule has 5 heteroatoms. The van der Waals surface area contributed by atoms with Crippen LogP contribution in [-0.2, 0) is 11.2 Å². The lowest BCUT2D eigenvalue weighted by molar-refractivity contribution is 0.0601. The second kappa shape index (κ2) is 5.85. The zero-order chi connectivity index (χ0) is 14.8. The Balaban J connectivity index is 1.92. The summed E-state index contributed by atoms with van der Waals surface area (Å²) in [5.41, 5.74) is 2.11. The topological polar surface area (TPSA) is 38.3 Å². The Morgan fingerprint density at radius 2 is 2.29 bits per heavy atom. The average Bonchev–Trinajstić information content (AvgIpc) is 2.96. The molecule has 3 nitrogen and oxygen atoms in total. The van der Waals surface area contributed by atoms with Crippen molar-refractivity contribution < 1.29 is 13.9 Å². The lowest BCUT2D eigenvalue weighted by Crippen LogP contribution is -2.18. The lowest BCUT2D eigenvalue weighted by atomic mass is 9.93. The molecule has 0 bridgehead atoms. The molecule has 1 atom stereocenters. The van der Waals surface area contributed by atoms with Gasteiger partial charge < -0.3 is 10.1 Å². The summed E-state index contributed by atoms with van der Waals surface area (Å²) in [6, 6.07) is 6.31. The Bertz CT molecular complexity index is 668. The van der Waals surface area contributed by atoms with Crippen LogP contribution in [0.15, 0.2) is 29.6 Å². The van der Waals surface area contributed by atoms with E-state index in [4.69, 9.17) is 4.74 Å². The maximum atomic E-state index is 13.5. The minimum atomic E-state index is -0.459. The van der Waals surface area contributed by atoms with Gasteiger partial charge in [-0.25, -0.2) is 9.18 Å². The van der Waals surface area contributed by atoms with Crippen LogP contribution >= 0.6 is 11.3 Å². The molecule has 0 radical (unpaired) electrons. The quantitative estimate of drug-likeness (QED) is 0.865. The fourth-order valence-corrected chi connectivity index (χ4v) is 3.74. The minimum absolute atomic E-state index is 0.116. The molecule has 21 heavy (non-hydrogen) atoms. The second-order valence-electron chi connectivity index (χ2n) is 5.07. The number of benzene rings is 1. The summed E-state index contributed by atoms with van der Waals surface area (Å²) in [4.78, 5) is 13.2. The molecule has 3 rings (SSSR count). The maximum absolute atomic E-state index is 13.5. The molecule has 0 aliphatic heterocycles. The molecule has 1 aromatic heterocycles. The first-order chi connectivity index (χ1) is 10.2. The third kappa shape index (κ3) is 2.78. The Kier molecular flexibility index (Phi) is 3.92. The predicted octanol–water partition coefficient (Wildman–Crippen LogP) is 4.16. The Hall–Kier alpha value is -1.88. The molecular formula is C16H16FNO2S. The molecule has 1 aliphatic rings. The zero-order valence-electron chi connectivity index (χ0n) is 11.7. The molecule has 1 unspecified atom stereocenters. The van der Waals surface area contributed by atoms with Crippen molar-refractivity contribution in [1.82, 2.24) is 0 Å². The van der Waals surface area contributed by atoms with E-state index < -0.39 is 5.97 Å². The number of methoxy groups -OCH3 is 1. The number of anilines is 1. The third-order valence-corrected chi connectivity index (χ3v) is 4.77. The number of fused-ring (bicyclic) bond motifs is 1. The van der Waals surface area contributed by atoms with Crippen molar-refractivity contribution in [2.75, 3.05) is 12.4 Å². The summed E-state index contributed by atoms with van der Waals surface area (Å²) in [5, 5.41) is 5.39. The Labute approximate surface area is 126 Å². The van der Waals surface area contributed by atoms with Crippen molar-refractivity contribution in [3.63, 3.8) is 0 Å². The summed E-state index contributed by atoms with van der Waals surface area (Å²) in [5.74, 6) is -0.828. The lowest BCUT2D eigenvalue weighted by Gasteiger charge is -2.25. The van der Waals surface area contributed by atoms with E-state index in [1.165, 1.54) is 35.7 Å². The summed E-state index contributed by atoms with van der Waals surface area (Å²) >= 11 is 1.75. The first kappa shape index (κ1) is 14.1. The molecule has 1 heterocycles. The number of hydrogen-bond donors (Lipinski definition) is 1. The van der Waals surface area contributed by atoms with Gasteiger partial charge in [-0.15, -0.1) is 11.3 Å². The summed E-state index contributed by atoms with van der Waals surface area (Å²) in [6.45, 7) is 0. The first-order valence-electron chi connectivity index (χ1n) is 6.89. The number of rotatable bonds is 3. The summed E-state index contributed by atoms with van der Waals surface area (Å²) in [6.07, 6.45) is 3.16. The highest BCUT2D eigenvalue weighted by Gasteiger charge is 2.23. The van der Waals surface area contributed by atoms with E-state index in [0.29, 0.717) is 11.3 Å². The van der Waals surface area contributed by atoms with Gasteiger partial charge in [-0.2, -0.15) is 0 Å². The molecule has 0 amide bonds. The van der Waals surface area contributed by atoms with Crippen LogP contribution in [0.25, 0.3) is 0 Å². The number of esters is 1.